The fourth-order valence-electron chi connectivity index (χ4n) is 3.40. The summed E-state index contributed by atoms with van der Waals surface area (Å²) < 4.78 is 5.91. The van der Waals surface area contributed by atoms with Gasteiger partial charge in [-0.25, -0.2) is 0 Å². The maximum atomic E-state index is 5.91. The first-order chi connectivity index (χ1) is 14.7. The molecule has 0 bridgehead atoms. The third-order valence-electron chi connectivity index (χ3n) is 5.55. The number of rotatable bonds is 10. The highest BCUT2D eigenvalue weighted by Crippen LogP contribution is 2.27. The Morgan fingerprint density at radius 3 is 2.37 bits per heavy atom. The summed E-state index contributed by atoms with van der Waals surface area (Å²) in [5.41, 5.74) is 6.00. The lowest BCUT2D eigenvalue weighted by Gasteiger charge is -2.12. The van der Waals surface area contributed by atoms with Crippen LogP contribution in [0.3, 0.4) is 0 Å². The molecule has 1 atom stereocenters. The second-order valence-corrected chi connectivity index (χ2v) is 7.88. The van der Waals surface area contributed by atoms with Crippen molar-refractivity contribution in [1.82, 2.24) is 0 Å². The Kier molecular flexibility index (Phi) is 8.38. The maximum Gasteiger partial charge on any atom is 0.119 e. The van der Waals surface area contributed by atoms with Crippen molar-refractivity contribution in [3.63, 3.8) is 0 Å². The Balaban J connectivity index is 1.65. The van der Waals surface area contributed by atoms with Crippen molar-refractivity contribution in [2.24, 2.45) is 10.9 Å². The lowest BCUT2D eigenvalue weighted by atomic mass is 9.95. The first kappa shape index (κ1) is 22.0. The van der Waals surface area contributed by atoms with E-state index in [-0.39, 0.29) is 0 Å². The van der Waals surface area contributed by atoms with Crippen LogP contribution in [-0.4, -0.2) is 11.8 Å². The third-order valence-corrected chi connectivity index (χ3v) is 5.64. The van der Waals surface area contributed by atoms with Crippen molar-refractivity contribution in [1.29, 1.82) is 0 Å². The van der Waals surface area contributed by atoms with Gasteiger partial charge in [-0.15, -0.1) is 0 Å². The number of hydrogen-bond donors (Lipinski definition) is 0. The monoisotopic (exact) mass is 415 g/mol. The van der Waals surface area contributed by atoms with Crippen LogP contribution >= 0.6 is 12.2 Å². The molecule has 3 aromatic rings. The van der Waals surface area contributed by atoms with Crippen molar-refractivity contribution >= 4 is 23.1 Å². The summed E-state index contributed by atoms with van der Waals surface area (Å²) in [6.45, 7) is 5.27. The minimum atomic E-state index is 0.708. The van der Waals surface area contributed by atoms with Crippen LogP contribution in [0.25, 0.3) is 11.1 Å². The van der Waals surface area contributed by atoms with E-state index in [9.17, 15) is 0 Å². The van der Waals surface area contributed by atoms with Gasteiger partial charge in [-0.05, 0) is 83.9 Å². The predicted molar refractivity (Wildman–Crippen MR) is 130 cm³/mol. The zero-order valence-corrected chi connectivity index (χ0v) is 18.6. The minimum Gasteiger partial charge on any atom is -0.494 e. The van der Waals surface area contributed by atoms with Gasteiger partial charge in [-0.2, -0.15) is 4.99 Å². The molecule has 2 nitrogen and oxygen atoms in total. The molecular formula is C27H29NOS. The van der Waals surface area contributed by atoms with Crippen molar-refractivity contribution in [2.75, 3.05) is 6.61 Å². The Hall–Kier alpha value is -2.74. The molecule has 0 aliphatic carbocycles. The number of benzene rings is 3. The number of aryl methyl sites for hydroxylation is 2. The zero-order valence-electron chi connectivity index (χ0n) is 17.8. The number of thiocarbonyl (C=S) groups is 1. The van der Waals surface area contributed by atoms with Crippen LogP contribution < -0.4 is 4.74 Å². The normalized spacial score (nSPS) is 11.5. The Morgan fingerprint density at radius 2 is 1.67 bits per heavy atom. The molecule has 3 aromatic carbocycles. The zero-order chi connectivity index (χ0) is 21.2. The van der Waals surface area contributed by atoms with Crippen molar-refractivity contribution < 1.29 is 4.74 Å². The summed E-state index contributed by atoms with van der Waals surface area (Å²) in [5, 5.41) is 2.41. The van der Waals surface area contributed by atoms with E-state index in [2.05, 4.69) is 96.9 Å². The van der Waals surface area contributed by atoms with Crippen LogP contribution in [0.4, 0.5) is 5.69 Å². The molecule has 0 aliphatic heterocycles. The Bertz CT molecular complexity index is 973. The van der Waals surface area contributed by atoms with Crippen molar-refractivity contribution in [2.45, 2.75) is 39.5 Å². The predicted octanol–water partition coefficient (Wildman–Crippen LogP) is 7.69. The number of ether oxygens (including phenoxy) is 1. The molecule has 30 heavy (non-hydrogen) atoms. The summed E-state index contributed by atoms with van der Waals surface area (Å²) in [7, 11) is 0. The highest BCUT2D eigenvalue weighted by molar-refractivity contribution is 7.78. The molecule has 0 spiro atoms. The molecule has 3 rings (SSSR count). The maximum absolute atomic E-state index is 5.91. The van der Waals surface area contributed by atoms with Gasteiger partial charge in [-0.3, -0.25) is 0 Å². The van der Waals surface area contributed by atoms with Crippen LogP contribution in [0.1, 0.15) is 37.8 Å². The van der Waals surface area contributed by atoms with Gasteiger partial charge in [0.1, 0.15) is 5.75 Å². The van der Waals surface area contributed by atoms with Gasteiger partial charge in [0.15, 0.2) is 0 Å². The van der Waals surface area contributed by atoms with E-state index in [0.29, 0.717) is 5.92 Å². The molecular weight excluding hydrogens is 386 g/mol. The molecule has 3 heteroatoms. The van der Waals surface area contributed by atoms with Crippen LogP contribution in [0, 0.1) is 5.92 Å². The average molecular weight is 416 g/mol. The second kappa shape index (κ2) is 11.4. The van der Waals surface area contributed by atoms with Crippen LogP contribution in [0.5, 0.6) is 5.75 Å². The first-order valence-corrected chi connectivity index (χ1v) is 11.1. The first-order valence-electron chi connectivity index (χ1n) is 10.7. The molecule has 0 heterocycles. The van der Waals surface area contributed by atoms with E-state index in [1.54, 1.807) is 0 Å². The largest absolute Gasteiger partial charge is 0.494 e. The summed E-state index contributed by atoms with van der Waals surface area (Å²) in [5.74, 6) is 1.65. The fourth-order valence-corrected chi connectivity index (χ4v) is 3.51. The van der Waals surface area contributed by atoms with Gasteiger partial charge in [0.2, 0.25) is 0 Å². The SMILES string of the molecule is CCC(C)CCOc1ccc(-c2ccccc2CCc2ccc(N=C=S)cc2)cc1. The smallest absolute Gasteiger partial charge is 0.119 e. The van der Waals surface area contributed by atoms with Gasteiger partial charge in [0, 0.05) is 0 Å². The molecule has 1 unspecified atom stereocenters. The molecule has 0 amide bonds. The van der Waals surface area contributed by atoms with Crippen LogP contribution in [0.2, 0.25) is 0 Å². The summed E-state index contributed by atoms with van der Waals surface area (Å²) >= 11 is 4.66. The van der Waals surface area contributed by atoms with Gasteiger partial charge >= 0.3 is 0 Å². The van der Waals surface area contributed by atoms with Gasteiger partial charge in [-0.1, -0.05) is 68.8 Å². The molecule has 0 aliphatic rings. The quantitative estimate of drug-likeness (QED) is 0.250. The minimum absolute atomic E-state index is 0.708. The summed E-state index contributed by atoms with van der Waals surface area (Å²) in [6.07, 6.45) is 4.26. The fraction of sp³-hybridized carbons (Fsp3) is 0.296. The molecule has 0 fully saturated rings. The van der Waals surface area contributed by atoms with E-state index in [0.717, 1.165) is 37.3 Å². The van der Waals surface area contributed by atoms with Gasteiger partial charge < -0.3 is 4.74 Å². The Morgan fingerprint density at radius 1 is 0.933 bits per heavy atom. The molecule has 0 radical (unpaired) electrons. The molecule has 0 saturated carbocycles. The second-order valence-electron chi connectivity index (χ2n) is 7.70. The number of hydrogen-bond acceptors (Lipinski definition) is 3. The van der Waals surface area contributed by atoms with E-state index in [1.165, 1.54) is 28.7 Å². The van der Waals surface area contributed by atoms with E-state index in [1.807, 2.05) is 12.1 Å². The van der Waals surface area contributed by atoms with Crippen LogP contribution in [0.15, 0.2) is 77.8 Å². The van der Waals surface area contributed by atoms with Crippen molar-refractivity contribution in [3.05, 3.63) is 83.9 Å². The van der Waals surface area contributed by atoms with Gasteiger partial charge in [0.05, 0.1) is 17.5 Å². The molecule has 154 valence electrons. The highest BCUT2D eigenvalue weighted by Gasteiger charge is 2.06. The molecule has 0 N–H and O–H groups in total. The highest BCUT2D eigenvalue weighted by atomic mass is 32.1. The average Bonchev–Trinajstić information content (AvgIpc) is 2.79. The third kappa shape index (κ3) is 6.38. The topological polar surface area (TPSA) is 21.6 Å². The van der Waals surface area contributed by atoms with Crippen LogP contribution in [-0.2, 0) is 12.8 Å². The number of isothiocyanates is 1. The lowest BCUT2D eigenvalue weighted by molar-refractivity contribution is 0.282. The Labute approximate surface area is 185 Å². The van der Waals surface area contributed by atoms with E-state index < -0.39 is 0 Å². The number of aliphatic imine (C=N–C) groups is 1. The van der Waals surface area contributed by atoms with E-state index >= 15 is 0 Å². The van der Waals surface area contributed by atoms with Crippen molar-refractivity contribution in [3.8, 4) is 16.9 Å². The molecule has 0 saturated heterocycles. The van der Waals surface area contributed by atoms with E-state index in [4.69, 9.17) is 4.74 Å². The number of nitrogens with zero attached hydrogens (tertiary/aromatic N) is 1. The van der Waals surface area contributed by atoms with Gasteiger partial charge in [0.25, 0.3) is 0 Å². The summed E-state index contributed by atoms with van der Waals surface area (Å²) in [6, 6.07) is 25.3. The molecule has 0 aromatic heterocycles. The standard InChI is InChI=1S/C27H29NOS/c1-3-21(2)18-19-29-26-16-12-24(13-17-26)27-7-5-4-6-23(27)11-8-22-9-14-25(15-10-22)28-20-30/h4-7,9-10,12-17,21H,3,8,11,18-19H2,1-2H3. The lowest BCUT2D eigenvalue weighted by Crippen LogP contribution is -2.03. The summed E-state index contributed by atoms with van der Waals surface area (Å²) in [4.78, 5) is 4.01.